The number of aromatic nitrogens is 3. The predicted octanol–water partition coefficient (Wildman–Crippen LogP) is 3.06. The van der Waals surface area contributed by atoms with E-state index in [0.29, 0.717) is 5.76 Å². The first-order chi connectivity index (χ1) is 13.7. The number of nitrogens with zero attached hydrogens (tertiary/aromatic N) is 3. The molecule has 0 aliphatic carbocycles. The standard InChI is InChI=1S/C20H16N4O3S/c25-18-9-8-15(17-7-4-12-28-17)23-24(18)11-10-21-19(26)20-22-13-16(27-20)14-5-2-1-3-6-14/h1-9,12-13H,10-11H2,(H,21,26). The van der Waals surface area contributed by atoms with E-state index >= 15 is 0 Å². The summed E-state index contributed by atoms with van der Waals surface area (Å²) in [5, 5.41) is 9.00. The SMILES string of the molecule is O=C(NCCn1nc(-c2cccs2)ccc1=O)c1ncc(-c2ccccc2)o1. The minimum atomic E-state index is -0.440. The quantitative estimate of drug-likeness (QED) is 0.545. The van der Waals surface area contributed by atoms with Crippen LogP contribution in [-0.4, -0.2) is 27.2 Å². The van der Waals surface area contributed by atoms with Gasteiger partial charge in [0.2, 0.25) is 0 Å². The normalized spacial score (nSPS) is 10.7. The van der Waals surface area contributed by atoms with Crippen LogP contribution in [0.5, 0.6) is 0 Å². The van der Waals surface area contributed by atoms with Gasteiger partial charge in [0.1, 0.15) is 5.69 Å². The molecule has 0 unspecified atom stereocenters. The Bertz CT molecular complexity index is 1130. The Hall–Kier alpha value is -3.52. The fourth-order valence-electron chi connectivity index (χ4n) is 2.63. The molecule has 0 atom stereocenters. The zero-order chi connectivity index (χ0) is 19.3. The van der Waals surface area contributed by atoms with Crippen LogP contribution in [0.3, 0.4) is 0 Å². The van der Waals surface area contributed by atoms with Crippen LogP contribution in [0, 0.1) is 0 Å². The van der Waals surface area contributed by atoms with E-state index in [2.05, 4.69) is 15.4 Å². The molecule has 0 bridgehead atoms. The van der Waals surface area contributed by atoms with E-state index in [9.17, 15) is 9.59 Å². The summed E-state index contributed by atoms with van der Waals surface area (Å²) in [4.78, 5) is 29.3. The summed E-state index contributed by atoms with van der Waals surface area (Å²) in [6, 6.07) is 16.5. The number of oxazole rings is 1. The molecule has 0 saturated carbocycles. The molecule has 0 aliphatic heterocycles. The number of hydrogen-bond donors (Lipinski definition) is 1. The lowest BCUT2D eigenvalue weighted by molar-refractivity contribution is 0.0918. The molecule has 7 nitrogen and oxygen atoms in total. The molecule has 4 aromatic rings. The van der Waals surface area contributed by atoms with Crippen molar-refractivity contribution in [2.75, 3.05) is 6.54 Å². The van der Waals surface area contributed by atoms with E-state index in [-0.39, 0.29) is 24.5 Å². The van der Waals surface area contributed by atoms with Gasteiger partial charge < -0.3 is 9.73 Å². The number of nitrogens with one attached hydrogen (secondary N) is 1. The Kier molecular flexibility index (Phi) is 5.11. The maximum atomic E-state index is 12.2. The predicted molar refractivity (Wildman–Crippen MR) is 106 cm³/mol. The Morgan fingerprint density at radius 2 is 1.96 bits per heavy atom. The highest BCUT2D eigenvalue weighted by Crippen LogP contribution is 2.21. The molecule has 0 saturated heterocycles. The second kappa shape index (κ2) is 8.01. The third kappa shape index (κ3) is 3.91. The van der Waals surface area contributed by atoms with Crippen LogP contribution < -0.4 is 10.9 Å². The van der Waals surface area contributed by atoms with Crippen molar-refractivity contribution in [3.8, 4) is 21.9 Å². The minimum Gasteiger partial charge on any atom is -0.432 e. The smallest absolute Gasteiger partial charge is 0.307 e. The molecule has 140 valence electrons. The first-order valence-electron chi connectivity index (χ1n) is 8.62. The maximum absolute atomic E-state index is 12.2. The van der Waals surface area contributed by atoms with Crippen LogP contribution in [0.1, 0.15) is 10.7 Å². The lowest BCUT2D eigenvalue weighted by Gasteiger charge is -2.06. The Balaban J connectivity index is 1.39. The molecule has 3 heterocycles. The summed E-state index contributed by atoms with van der Waals surface area (Å²) in [5.74, 6) is 0.0587. The number of thiophene rings is 1. The van der Waals surface area contributed by atoms with Gasteiger partial charge in [-0.2, -0.15) is 5.10 Å². The molecule has 4 rings (SSSR count). The molecule has 1 aromatic carbocycles. The lowest BCUT2D eigenvalue weighted by atomic mass is 10.2. The second-order valence-electron chi connectivity index (χ2n) is 5.91. The number of amides is 1. The van der Waals surface area contributed by atoms with Crippen LogP contribution >= 0.6 is 11.3 Å². The molecule has 0 aliphatic rings. The van der Waals surface area contributed by atoms with Gasteiger partial charge in [-0.1, -0.05) is 36.4 Å². The van der Waals surface area contributed by atoms with Crippen molar-refractivity contribution in [3.05, 3.63) is 82.4 Å². The number of carbonyl (C=O) groups is 1. The van der Waals surface area contributed by atoms with Crippen molar-refractivity contribution in [1.29, 1.82) is 0 Å². The van der Waals surface area contributed by atoms with Gasteiger partial charge in [-0.3, -0.25) is 9.59 Å². The van der Waals surface area contributed by atoms with E-state index in [1.54, 1.807) is 17.4 Å². The third-order valence-electron chi connectivity index (χ3n) is 4.01. The van der Waals surface area contributed by atoms with Crippen LogP contribution in [0.4, 0.5) is 0 Å². The lowest BCUT2D eigenvalue weighted by Crippen LogP contribution is -2.32. The fourth-order valence-corrected chi connectivity index (χ4v) is 3.32. The molecule has 28 heavy (non-hydrogen) atoms. The average molecular weight is 392 g/mol. The summed E-state index contributed by atoms with van der Waals surface area (Å²) in [6.45, 7) is 0.471. The zero-order valence-corrected chi connectivity index (χ0v) is 15.6. The third-order valence-corrected chi connectivity index (χ3v) is 4.90. The van der Waals surface area contributed by atoms with Crippen molar-refractivity contribution in [1.82, 2.24) is 20.1 Å². The van der Waals surface area contributed by atoms with Crippen LogP contribution in [0.15, 0.2) is 75.4 Å². The van der Waals surface area contributed by atoms with Gasteiger partial charge in [-0.25, -0.2) is 9.67 Å². The summed E-state index contributed by atoms with van der Waals surface area (Å²) in [7, 11) is 0. The van der Waals surface area contributed by atoms with E-state index in [0.717, 1.165) is 16.1 Å². The van der Waals surface area contributed by atoms with E-state index < -0.39 is 5.91 Å². The van der Waals surface area contributed by atoms with Gasteiger partial charge in [0.05, 0.1) is 17.6 Å². The molecular weight excluding hydrogens is 376 g/mol. The van der Waals surface area contributed by atoms with Crippen LogP contribution in [-0.2, 0) is 6.54 Å². The number of rotatable bonds is 6. The number of carbonyl (C=O) groups excluding carboxylic acids is 1. The van der Waals surface area contributed by atoms with Crippen molar-refractivity contribution < 1.29 is 9.21 Å². The first kappa shape index (κ1) is 17.9. The summed E-state index contributed by atoms with van der Waals surface area (Å²) < 4.78 is 6.85. The second-order valence-corrected chi connectivity index (χ2v) is 6.86. The summed E-state index contributed by atoms with van der Waals surface area (Å²) >= 11 is 1.55. The van der Waals surface area contributed by atoms with Crippen molar-refractivity contribution in [2.45, 2.75) is 6.54 Å². The molecule has 8 heteroatoms. The molecule has 0 spiro atoms. The summed E-state index contributed by atoms with van der Waals surface area (Å²) in [5.41, 5.74) is 1.34. The maximum Gasteiger partial charge on any atom is 0.307 e. The van der Waals surface area contributed by atoms with Crippen LogP contribution in [0.25, 0.3) is 21.9 Å². The van der Waals surface area contributed by atoms with Crippen molar-refractivity contribution >= 4 is 17.2 Å². The van der Waals surface area contributed by atoms with Gasteiger partial charge in [0, 0.05) is 18.2 Å². The molecule has 1 amide bonds. The van der Waals surface area contributed by atoms with Crippen molar-refractivity contribution in [2.24, 2.45) is 0 Å². The zero-order valence-electron chi connectivity index (χ0n) is 14.7. The highest BCUT2D eigenvalue weighted by molar-refractivity contribution is 7.13. The van der Waals surface area contributed by atoms with Gasteiger partial charge in [0.25, 0.3) is 11.4 Å². The molecule has 1 N–H and O–H groups in total. The average Bonchev–Trinajstić information content (AvgIpc) is 3.42. The largest absolute Gasteiger partial charge is 0.432 e. The minimum absolute atomic E-state index is 0.0218. The van der Waals surface area contributed by atoms with Crippen LogP contribution in [0.2, 0.25) is 0 Å². The first-order valence-corrected chi connectivity index (χ1v) is 9.50. The number of hydrogen-bond acceptors (Lipinski definition) is 6. The highest BCUT2D eigenvalue weighted by Gasteiger charge is 2.14. The van der Waals surface area contributed by atoms with Crippen molar-refractivity contribution in [3.63, 3.8) is 0 Å². The summed E-state index contributed by atoms with van der Waals surface area (Å²) in [6.07, 6.45) is 1.51. The molecule has 0 fully saturated rings. The molecular formula is C20H16N4O3S. The van der Waals surface area contributed by atoms with Gasteiger partial charge in [-0.05, 0) is 17.5 Å². The van der Waals surface area contributed by atoms with E-state index in [1.165, 1.54) is 16.9 Å². The monoisotopic (exact) mass is 392 g/mol. The molecule has 3 aromatic heterocycles. The van der Waals surface area contributed by atoms with E-state index in [1.807, 2.05) is 47.8 Å². The highest BCUT2D eigenvalue weighted by atomic mass is 32.1. The Morgan fingerprint density at radius 3 is 2.75 bits per heavy atom. The Morgan fingerprint density at radius 1 is 1.11 bits per heavy atom. The number of benzene rings is 1. The van der Waals surface area contributed by atoms with E-state index in [4.69, 9.17) is 4.42 Å². The topological polar surface area (TPSA) is 90.0 Å². The van der Waals surface area contributed by atoms with Gasteiger partial charge in [0.15, 0.2) is 5.76 Å². The van der Waals surface area contributed by atoms with Gasteiger partial charge in [-0.15, -0.1) is 11.3 Å². The molecule has 0 radical (unpaired) electrons. The fraction of sp³-hybridized carbons (Fsp3) is 0.100. The van der Waals surface area contributed by atoms with Gasteiger partial charge >= 0.3 is 5.91 Å². The Labute approximate surface area is 164 Å².